The lowest BCUT2D eigenvalue weighted by atomic mass is 9.97. The van der Waals surface area contributed by atoms with Crippen molar-refractivity contribution in [3.63, 3.8) is 0 Å². The topological polar surface area (TPSA) is 51.2 Å². The Morgan fingerprint density at radius 2 is 1.53 bits per heavy atom. The number of benzene rings is 1. The highest BCUT2D eigenvalue weighted by molar-refractivity contribution is 8.17. The molecule has 0 radical (unpaired) electrons. The fourth-order valence-corrected chi connectivity index (χ4v) is 2.55. The number of carbonyl (C=O) groups is 3. The number of ketones is 2. The van der Waals surface area contributed by atoms with Crippen LogP contribution in [-0.2, 0) is 14.4 Å². The van der Waals surface area contributed by atoms with E-state index in [1.165, 1.54) is 20.8 Å². The second kappa shape index (κ2) is 6.48. The molecule has 0 unspecified atom stereocenters. The van der Waals surface area contributed by atoms with E-state index in [0.717, 1.165) is 17.3 Å². The smallest absolute Gasteiger partial charge is 0.190 e. The van der Waals surface area contributed by atoms with Crippen molar-refractivity contribution in [2.75, 3.05) is 0 Å². The van der Waals surface area contributed by atoms with Gasteiger partial charge in [-0.05, 0) is 43.7 Å². The van der Waals surface area contributed by atoms with Crippen molar-refractivity contribution in [1.29, 1.82) is 0 Å². The molecule has 0 saturated heterocycles. The quantitative estimate of drug-likeness (QED) is 0.793. The molecule has 100 valence electrons. The number of thioether (sulfide) groups is 1. The maximum absolute atomic E-state index is 11.9. The van der Waals surface area contributed by atoms with Gasteiger partial charge in [-0.2, -0.15) is 0 Å². The van der Waals surface area contributed by atoms with E-state index in [1.807, 2.05) is 25.1 Å². The molecule has 0 heterocycles. The molecule has 0 aliphatic heterocycles. The summed E-state index contributed by atoms with van der Waals surface area (Å²) in [5.74, 6) is -0.484. The summed E-state index contributed by atoms with van der Waals surface area (Å²) in [5.41, 5.74) is 1.93. The van der Waals surface area contributed by atoms with Crippen LogP contribution in [-0.4, -0.2) is 16.7 Å². The molecule has 0 aliphatic carbocycles. The first-order valence-electron chi connectivity index (χ1n) is 5.85. The van der Waals surface area contributed by atoms with E-state index in [2.05, 4.69) is 0 Å². The van der Waals surface area contributed by atoms with E-state index in [4.69, 9.17) is 0 Å². The predicted octanol–water partition coefficient (Wildman–Crippen LogP) is 3.16. The van der Waals surface area contributed by atoms with Gasteiger partial charge in [0.15, 0.2) is 16.7 Å². The lowest BCUT2D eigenvalue weighted by molar-refractivity contribution is -0.114. The third kappa shape index (κ3) is 3.89. The van der Waals surface area contributed by atoms with Gasteiger partial charge < -0.3 is 0 Å². The first kappa shape index (κ1) is 15.4. The Hall–Kier alpha value is -1.68. The summed E-state index contributed by atoms with van der Waals surface area (Å²) in [6, 6.07) is 7.33. The van der Waals surface area contributed by atoms with Crippen LogP contribution in [0.5, 0.6) is 0 Å². The highest BCUT2D eigenvalue weighted by Gasteiger charge is 2.20. The maximum atomic E-state index is 11.9. The molecular formula is C15H16O3S. The van der Waals surface area contributed by atoms with Crippen molar-refractivity contribution < 1.29 is 14.4 Å². The van der Waals surface area contributed by atoms with Gasteiger partial charge >= 0.3 is 0 Å². The van der Waals surface area contributed by atoms with Gasteiger partial charge in [0.1, 0.15) is 0 Å². The lowest BCUT2D eigenvalue weighted by Gasteiger charge is -2.12. The summed E-state index contributed by atoms with van der Waals surface area (Å²) >= 11 is 0.818. The molecule has 0 atom stereocenters. The van der Waals surface area contributed by atoms with Crippen LogP contribution in [0.4, 0.5) is 0 Å². The van der Waals surface area contributed by atoms with E-state index < -0.39 is 0 Å². The third-order valence-corrected chi connectivity index (χ3v) is 3.54. The van der Waals surface area contributed by atoms with Gasteiger partial charge in [-0.1, -0.05) is 24.3 Å². The third-order valence-electron chi connectivity index (χ3n) is 2.56. The van der Waals surface area contributed by atoms with Gasteiger partial charge in [-0.15, -0.1) is 0 Å². The summed E-state index contributed by atoms with van der Waals surface area (Å²) in [6.07, 6.45) is 0. The Bertz CT molecular complexity index is 571. The second-order valence-electron chi connectivity index (χ2n) is 4.23. The molecular weight excluding hydrogens is 260 g/mol. The molecule has 4 heteroatoms. The molecule has 0 N–H and O–H groups in total. The maximum Gasteiger partial charge on any atom is 0.190 e. The van der Waals surface area contributed by atoms with Crippen LogP contribution < -0.4 is 0 Å². The van der Waals surface area contributed by atoms with E-state index in [-0.39, 0.29) is 21.6 Å². The Labute approximate surface area is 117 Å². The number of carbonyl (C=O) groups excluding carboxylic acids is 3. The van der Waals surface area contributed by atoms with Crippen LogP contribution >= 0.6 is 11.8 Å². The minimum Gasteiger partial charge on any atom is -0.294 e. The minimum atomic E-state index is -0.270. The normalized spacial score (nSPS) is 11.8. The number of Topliss-reactive ketones (excluding diaryl/α,β-unsaturated/α-hetero) is 2. The molecule has 0 saturated carbocycles. The van der Waals surface area contributed by atoms with Crippen molar-refractivity contribution >= 4 is 34.0 Å². The summed E-state index contributed by atoms with van der Waals surface area (Å²) in [5, 5.41) is -0.211. The molecule has 0 aliphatic rings. The van der Waals surface area contributed by atoms with Gasteiger partial charge in [0.25, 0.3) is 0 Å². The Morgan fingerprint density at radius 3 is 1.95 bits per heavy atom. The van der Waals surface area contributed by atoms with E-state index >= 15 is 0 Å². The average molecular weight is 276 g/mol. The van der Waals surface area contributed by atoms with Gasteiger partial charge in [-0.25, -0.2) is 0 Å². The van der Waals surface area contributed by atoms with Gasteiger partial charge in [0, 0.05) is 12.5 Å². The molecule has 0 amide bonds. The minimum absolute atomic E-state index is 0.211. The van der Waals surface area contributed by atoms with Crippen molar-refractivity contribution in [2.24, 2.45) is 0 Å². The molecule has 0 aromatic heterocycles. The molecule has 0 spiro atoms. The number of hydrogen-bond donors (Lipinski definition) is 0. The number of rotatable bonds is 4. The molecule has 1 aromatic rings. The molecule has 3 nitrogen and oxygen atoms in total. The monoisotopic (exact) mass is 276 g/mol. The van der Waals surface area contributed by atoms with Crippen LogP contribution in [0.2, 0.25) is 0 Å². The van der Waals surface area contributed by atoms with Crippen LogP contribution in [0.15, 0.2) is 29.2 Å². The van der Waals surface area contributed by atoms with E-state index in [0.29, 0.717) is 11.1 Å². The molecule has 0 fully saturated rings. The Kier molecular flexibility index (Phi) is 5.24. The second-order valence-corrected chi connectivity index (χ2v) is 5.41. The largest absolute Gasteiger partial charge is 0.294 e. The van der Waals surface area contributed by atoms with Gasteiger partial charge in [-0.3, -0.25) is 14.4 Å². The summed E-state index contributed by atoms with van der Waals surface area (Å²) < 4.78 is 0. The number of allylic oxidation sites excluding steroid dienone is 2. The standard InChI is InChI=1S/C15H16O3S/c1-9-7-5-6-8-13(9)14(10(2)16)15(11(3)17)19-12(4)18/h5-8H,1-4H3/b15-14+. The Balaban J connectivity index is 3.56. The highest BCUT2D eigenvalue weighted by atomic mass is 32.2. The van der Waals surface area contributed by atoms with Crippen LogP contribution in [0, 0.1) is 6.92 Å². The Morgan fingerprint density at radius 1 is 0.947 bits per heavy atom. The highest BCUT2D eigenvalue weighted by Crippen LogP contribution is 2.30. The number of aryl methyl sites for hydroxylation is 1. The number of hydrogen-bond acceptors (Lipinski definition) is 4. The molecule has 1 rings (SSSR count). The van der Waals surface area contributed by atoms with Gasteiger partial charge in [0.2, 0.25) is 0 Å². The average Bonchev–Trinajstić information content (AvgIpc) is 2.29. The van der Waals surface area contributed by atoms with Crippen LogP contribution in [0.25, 0.3) is 5.57 Å². The zero-order chi connectivity index (χ0) is 14.6. The van der Waals surface area contributed by atoms with E-state index in [9.17, 15) is 14.4 Å². The van der Waals surface area contributed by atoms with Crippen molar-refractivity contribution in [1.82, 2.24) is 0 Å². The van der Waals surface area contributed by atoms with Crippen molar-refractivity contribution in [3.05, 3.63) is 40.3 Å². The molecule has 0 bridgehead atoms. The van der Waals surface area contributed by atoms with Gasteiger partial charge in [0.05, 0.1) is 4.91 Å². The fraction of sp³-hybridized carbons (Fsp3) is 0.267. The fourth-order valence-electron chi connectivity index (χ4n) is 1.77. The van der Waals surface area contributed by atoms with Crippen LogP contribution in [0.1, 0.15) is 31.9 Å². The predicted molar refractivity (Wildman–Crippen MR) is 77.7 cm³/mol. The molecule has 1 aromatic carbocycles. The zero-order valence-corrected chi connectivity index (χ0v) is 12.3. The summed E-state index contributed by atoms with van der Waals surface area (Å²) in [4.78, 5) is 35.1. The zero-order valence-electron chi connectivity index (χ0n) is 11.4. The SMILES string of the molecule is CC(=O)S/C(C(C)=O)=C(\C(C)=O)c1ccccc1C. The molecule has 19 heavy (non-hydrogen) atoms. The van der Waals surface area contributed by atoms with Crippen LogP contribution in [0.3, 0.4) is 0 Å². The van der Waals surface area contributed by atoms with E-state index in [1.54, 1.807) is 6.07 Å². The first-order chi connectivity index (χ1) is 8.84. The lowest BCUT2D eigenvalue weighted by Crippen LogP contribution is -2.07. The van der Waals surface area contributed by atoms with Crippen molar-refractivity contribution in [3.8, 4) is 0 Å². The summed E-state index contributed by atoms with van der Waals surface area (Å²) in [6.45, 7) is 6.02. The first-order valence-corrected chi connectivity index (χ1v) is 6.66. The summed E-state index contributed by atoms with van der Waals surface area (Å²) in [7, 11) is 0. The van der Waals surface area contributed by atoms with Crippen molar-refractivity contribution in [2.45, 2.75) is 27.7 Å².